The first-order chi connectivity index (χ1) is 9.88. The van der Waals surface area contributed by atoms with Gasteiger partial charge < -0.3 is 9.74 Å². The summed E-state index contributed by atoms with van der Waals surface area (Å²) in [6.45, 7) is 5.25. The molecule has 0 spiro atoms. The van der Waals surface area contributed by atoms with Crippen LogP contribution in [-0.4, -0.2) is 31.3 Å². The minimum Gasteiger partial charge on any atom is -0.334 e. The van der Waals surface area contributed by atoms with Gasteiger partial charge in [-0.15, -0.1) is 0 Å². The zero-order valence-corrected chi connectivity index (χ0v) is 13.8. The van der Waals surface area contributed by atoms with E-state index in [0.717, 1.165) is 18.7 Å². The minimum absolute atomic E-state index is 0.308. The second-order valence-electron chi connectivity index (χ2n) is 5.65. The fourth-order valence-electron chi connectivity index (χ4n) is 2.39. The maximum absolute atomic E-state index is 12.0. The largest absolute Gasteiger partial charge is 0.365 e. The van der Waals surface area contributed by atoms with Crippen LogP contribution in [0.1, 0.15) is 30.6 Å². The van der Waals surface area contributed by atoms with Crippen LogP contribution in [0.25, 0.3) is 0 Å². The molecule has 21 heavy (non-hydrogen) atoms. The maximum atomic E-state index is 12.0. The smallest absolute Gasteiger partial charge is 0.334 e. The van der Waals surface area contributed by atoms with Crippen molar-refractivity contribution in [2.24, 2.45) is 11.1 Å². The molecule has 0 amide bonds. The molecule has 1 fully saturated rings. The summed E-state index contributed by atoms with van der Waals surface area (Å²) < 4.78 is 0. The van der Waals surface area contributed by atoms with Crippen LogP contribution in [0.4, 0.5) is 0 Å². The van der Waals surface area contributed by atoms with Gasteiger partial charge in [-0.2, -0.15) is 0 Å². The number of hydrogen-bond acceptors (Lipinski definition) is 3. The predicted octanol–water partition coefficient (Wildman–Crippen LogP) is 2.45. The number of piperidine rings is 1. The van der Waals surface area contributed by atoms with Gasteiger partial charge in [-0.25, -0.2) is 4.79 Å². The number of carbonyl (C=O) groups excluding carboxylic acids is 1. The average Bonchev–Trinajstić information content (AvgIpc) is 2.44. The van der Waals surface area contributed by atoms with Gasteiger partial charge in [-0.3, -0.25) is 0 Å². The van der Waals surface area contributed by atoms with Crippen LogP contribution >= 0.6 is 23.2 Å². The van der Waals surface area contributed by atoms with Crippen LogP contribution in [0.2, 0.25) is 10.0 Å². The molecule has 0 aromatic heterocycles. The molecule has 0 saturated carbocycles. The molecule has 1 aromatic carbocycles. The second-order valence-corrected chi connectivity index (χ2v) is 6.46. The lowest BCUT2D eigenvalue weighted by molar-refractivity contribution is -0.908. The highest BCUT2D eigenvalue weighted by molar-refractivity contribution is 6.42. The Balaban J connectivity index is 2.05. The highest BCUT2D eigenvalue weighted by Gasteiger charge is 2.29. The van der Waals surface area contributed by atoms with Crippen LogP contribution in [0.5, 0.6) is 0 Å². The van der Waals surface area contributed by atoms with Crippen molar-refractivity contribution in [1.82, 2.24) is 0 Å². The molecular weight excluding hydrogens is 311 g/mol. The molecule has 1 heterocycles. The van der Waals surface area contributed by atoms with Gasteiger partial charge in [0.15, 0.2) is 0 Å². The molecule has 1 N–H and O–H groups in total. The normalized spacial score (nSPS) is 27.7. The highest BCUT2D eigenvalue weighted by Crippen LogP contribution is 2.23. The number of nitrogens with one attached hydrogen (secondary N) is 1. The summed E-state index contributed by atoms with van der Waals surface area (Å²) in [5.74, 6) is -0.213. The Kier molecular flexibility index (Phi) is 5.25. The Morgan fingerprint density at radius 2 is 2.05 bits per heavy atom. The molecule has 0 radical (unpaired) electrons. The van der Waals surface area contributed by atoms with Crippen LogP contribution < -0.4 is 4.90 Å². The van der Waals surface area contributed by atoms with E-state index in [4.69, 9.17) is 28.0 Å². The van der Waals surface area contributed by atoms with E-state index in [1.54, 1.807) is 12.1 Å². The fraction of sp³-hybridized carbons (Fsp3) is 0.467. The second kappa shape index (κ2) is 6.77. The van der Waals surface area contributed by atoms with Gasteiger partial charge >= 0.3 is 5.97 Å². The quantitative estimate of drug-likeness (QED) is 0.669. The first-order valence-electron chi connectivity index (χ1n) is 6.94. The number of rotatable bonds is 2. The van der Waals surface area contributed by atoms with Gasteiger partial charge in [0, 0.05) is 12.3 Å². The summed E-state index contributed by atoms with van der Waals surface area (Å²) in [7, 11) is 2.17. The Hall–Kier alpha value is -1.10. The summed E-state index contributed by atoms with van der Waals surface area (Å²) >= 11 is 11.7. The molecule has 1 aliphatic heterocycles. The summed E-state index contributed by atoms with van der Waals surface area (Å²) in [6.07, 6.45) is 0.835. The number of likely N-dealkylation sites (tertiary alicyclic amines) is 1. The minimum atomic E-state index is -0.521. The van der Waals surface area contributed by atoms with Crippen LogP contribution in [0.15, 0.2) is 23.4 Å². The Labute approximate surface area is 134 Å². The Morgan fingerprint density at radius 3 is 2.71 bits per heavy atom. The molecule has 1 aromatic rings. The third kappa shape index (κ3) is 3.96. The number of oxime groups is 1. The van der Waals surface area contributed by atoms with Gasteiger partial charge in [0.05, 0.1) is 41.0 Å². The predicted molar refractivity (Wildman–Crippen MR) is 84.3 cm³/mol. The van der Waals surface area contributed by atoms with Crippen molar-refractivity contribution in [3.8, 4) is 0 Å². The average molecular weight is 330 g/mol. The van der Waals surface area contributed by atoms with E-state index in [9.17, 15) is 4.79 Å². The van der Waals surface area contributed by atoms with E-state index < -0.39 is 5.97 Å². The monoisotopic (exact) mass is 329 g/mol. The lowest BCUT2D eigenvalue weighted by Crippen LogP contribution is -3.14. The van der Waals surface area contributed by atoms with Crippen molar-refractivity contribution in [2.75, 3.05) is 13.6 Å². The first-order valence-corrected chi connectivity index (χ1v) is 7.69. The zero-order chi connectivity index (χ0) is 15.6. The molecule has 1 saturated heterocycles. The van der Waals surface area contributed by atoms with E-state index in [-0.39, 0.29) is 0 Å². The molecule has 4 nitrogen and oxygen atoms in total. The van der Waals surface area contributed by atoms with E-state index in [1.807, 2.05) is 0 Å². The van der Waals surface area contributed by atoms with Crippen LogP contribution in [-0.2, 0) is 4.84 Å². The molecule has 1 unspecified atom stereocenters. The highest BCUT2D eigenvalue weighted by atomic mass is 35.5. The van der Waals surface area contributed by atoms with Gasteiger partial charge in [-0.1, -0.05) is 35.3 Å². The van der Waals surface area contributed by atoms with Crippen molar-refractivity contribution in [3.05, 3.63) is 33.8 Å². The first kappa shape index (κ1) is 16.3. The third-order valence-corrected chi connectivity index (χ3v) is 4.69. The molecular formula is C15H19Cl2N2O2+. The Bertz CT molecular complexity index is 575. The van der Waals surface area contributed by atoms with E-state index >= 15 is 0 Å². The molecule has 1 aliphatic rings. The maximum Gasteiger partial charge on any atom is 0.365 e. The lowest BCUT2D eigenvalue weighted by atomic mass is 9.93. The number of benzene rings is 1. The van der Waals surface area contributed by atoms with E-state index in [0.29, 0.717) is 27.6 Å². The SMILES string of the molecule is C[C@@H]1C[NH+](C)[C@@H](C)C/C1=N/OC(=O)c1ccc(Cl)c(Cl)c1. The molecule has 0 aliphatic carbocycles. The van der Waals surface area contributed by atoms with Crippen molar-refractivity contribution < 1.29 is 14.5 Å². The molecule has 6 heteroatoms. The topological polar surface area (TPSA) is 43.1 Å². The fourth-order valence-corrected chi connectivity index (χ4v) is 2.69. The summed E-state index contributed by atoms with van der Waals surface area (Å²) in [5.41, 5.74) is 1.27. The van der Waals surface area contributed by atoms with Crippen LogP contribution in [0.3, 0.4) is 0 Å². The van der Waals surface area contributed by atoms with E-state index in [2.05, 4.69) is 26.1 Å². The molecule has 2 rings (SSSR count). The third-order valence-electron chi connectivity index (χ3n) is 3.95. The van der Waals surface area contributed by atoms with Gasteiger partial charge in [0.25, 0.3) is 0 Å². The van der Waals surface area contributed by atoms with Gasteiger partial charge in [0.2, 0.25) is 0 Å². The van der Waals surface area contributed by atoms with Crippen molar-refractivity contribution in [3.63, 3.8) is 0 Å². The van der Waals surface area contributed by atoms with Crippen molar-refractivity contribution in [1.29, 1.82) is 0 Å². The zero-order valence-electron chi connectivity index (χ0n) is 12.3. The van der Waals surface area contributed by atoms with Crippen molar-refractivity contribution >= 4 is 34.9 Å². The summed E-state index contributed by atoms with van der Waals surface area (Å²) in [5, 5.41) is 4.78. The van der Waals surface area contributed by atoms with Gasteiger partial charge in [0.1, 0.15) is 0 Å². The number of hydrogen-bond donors (Lipinski definition) is 1. The summed E-state index contributed by atoms with van der Waals surface area (Å²) in [4.78, 5) is 18.5. The van der Waals surface area contributed by atoms with Crippen molar-refractivity contribution in [2.45, 2.75) is 26.3 Å². The standard InChI is InChI=1S/C15H18Cl2N2O2/c1-9-8-19(3)10(2)6-14(9)18-21-15(20)11-4-5-12(16)13(17)7-11/h4-5,7,9-10H,6,8H2,1-3H3/p+1/b18-14-/t9-,10+/m1/s1. The van der Waals surface area contributed by atoms with E-state index in [1.165, 1.54) is 11.0 Å². The number of halogens is 2. The molecule has 0 bridgehead atoms. The lowest BCUT2D eigenvalue weighted by Gasteiger charge is -2.31. The number of quaternary nitrogens is 1. The number of carbonyl (C=O) groups is 1. The Morgan fingerprint density at radius 1 is 1.33 bits per heavy atom. The molecule has 114 valence electrons. The molecule has 3 atom stereocenters. The number of nitrogens with zero attached hydrogens (tertiary/aromatic N) is 1. The van der Waals surface area contributed by atoms with Gasteiger partial charge in [-0.05, 0) is 25.1 Å². The summed E-state index contributed by atoms with van der Waals surface area (Å²) in [6, 6.07) is 5.10. The van der Waals surface area contributed by atoms with Crippen LogP contribution in [0, 0.1) is 5.92 Å².